The van der Waals surface area contributed by atoms with Crippen molar-refractivity contribution in [3.05, 3.63) is 65.2 Å². The van der Waals surface area contributed by atoms with Gasteiger partial charge in [0, 0.05) is 17.7 Å². The highest BCUT2D eigenvalue weighted by atomic mass is 16.5. The standard InChI is InChI=1S/C18H20N2O3/c1-13-7-9-14(10-8-13)18(22)20-12-17(21)19-11-15-5-3-4-6-16(15)23-2/h3-10H,11-12H2,1-2H3,(H,19,21)(H,20,22). The Labute approximate surface area is 135 Å². The van der Waals surface area contributed by atoms with Gasteiger partial charge in [0.15, 0.2) is 0 Å². The quantitative estimate of drug-likeness (QED) is 0.858. The molecule has 0 aliphatic rings. The van der Waals surface area contributed by atoms with Crippen LogP contribution in [0.3, 0.4) is 0 Å². The molecule has 0 spiro atoms. The van der Waals surface area contributed by atoms with Crippen molar-refractivity contribution < 1.29 is 14.3 Å². The Balaban J connectivity index is 1.81. The first-order chi connectivity index (χ1) is 11.1. The van der Waals surface area contributed by atoms with Crippen LogP contribution in [0.1, 0.15) is 21.5 Å². The second kappa shape index (κ2) is 7.98. The predicted octanol–water partition coefficient (Wildman–Crippen LogP) is 2.05. The Morgan fingerprint density at radius 2 is 1.70 bits per heavy atom. The minimum Gasteiger partial charge on any atom is -0.496 e. The van der Waals surface area contributed by atoms with Gasteiger partial charge in [-0.15, -0.1) is 0 Å². The van der Waals surface area contributed by atoms with Crippen LogP contribution in [-0.4, -0.2) is 25.5 Å². The van der Waals surface area contributed by atoms with Crippen LogP contribution < -0.4 is 15.4 Å². The Bertz CT molecular complexity index is 681. The van der Waals surface area contributed by atoms with Crippen LogP contribution in [0.15, 0.2) is 48.5 Å². The molecule has 0 aromatic heterocycles. The summed E-state index contributed by atoms with van der Waals surface area (Å²) < 4.78 is 5.22. The van der Waals surface area contributed by atoms with Gasteiger partial charge in [-0.3, -0.25) is 9.59 Å². The maximum Gasteiger partial charge on any atom is 0.251 e. The van der Waals surface area contributed by atoms with Gasteiger partial charge in [-0.25, -0.2) is 0 Å². The van der Waals surface area contributed by atoms with Gasteiger partial charge in [-0.1, -0.05) is 35.9 Å². The number of rotatable bonds is 6. The third-order valence-corrected chi connectivity index (χ3v) is 3.39. The van der Waals surface area contributed by atoms with Gasteiger partial charge in [0.2, 0.25) is 5.91 Å². The molecule has 23 heavy (non-hydrogen) atoms. The van der Waals surface area contributed by atoms with Crippen molar-refractivity contribution in [2.24, 2.45) is 0 Å². The molecule has 0 fully saturated rings. The number of methoxy groups -OCH3 is 1. The third-order valence-electron chi connectivity index (χ3n) is 3.39. The van der Waals surface area contributed by atoms with E-state index in [0.717, 1.165) is 16.9 Å². The number of nitrogens with one attached hydrogen (secondary N) is 2. The van der Waals surface area contributed by atoms with E-state index < -0.39 is 0 Å². The van der Waals surface area contributed by atoms with E-state index in [-0.39, 0.29) is 18.4 Å². The fourth-order valence-corrected chi connectivity index (χ4v) is 2.07. The highest BCUT2D eigenvalue weighted by molar-refractivity contribution is 5.96. The zero-order chi connectivity index (χ0) is 16.7. The normalized spacial score (nSPS) is 10.0. The average Bonchev–Trinajstić information content (AvgIpc) is 2.58. The van der Waals surface area contributed by atoms with E-state index in [1.54, 1.807) is 19.2 Å². The van der Waals surface area contributed by atoms with E-state index in [0.29, 0.717) is 12.1 Å². The van der Waals surface area contributed by atoms with Gasteiger partial charge in [-0.05, 0) is 25.1 Å². The SMILES string of the molecule is COc1ccccc1CNC(=O)CNC(=O)c1ccc(C)cc1. The Morgan fingerprint density at radius 3 is 2.39 bits per heavy atom. The van der Waals surface area contributed by atoms with E-state index in [4.69, 9.17) is 4.74 Å². The number of aryl methyl sites for hydroxylation is 1. The average molecular weight is 312 g/mol. The summed E-state index contributed by atoms with van der Waals surface area (Å²) in [4.78, 5) is 23.8. The molecule has 0 aliphatic heterocycles. The summed E-state index contributed by atoms with van der Waals surface area (Å²) in [5, 5.41) is 5.36. The number of hydrogen-bond donors (Lipinski definition) is 2. The monoisotopic (exact) mass is 312 g/mol. The Kier molecular flexibility index (Phi) is 5.74. The first-order valence-corrected chi connectivity index (χ1v) is 7.33. The summed E-state index contributed by atoms with van der Waals surface area (Å²) >= 11 is 0. The van der Waals surface area contributed by atoms with E-state index in [9.17, 15) is 9.59 Å². The zero-order valence-electron chi connectivity index (χ0n) is 13.3. The lowest BCUT2D eigenvalue weighted by Crippen LogP contribution is -2.36. The molecule has 0 radical (unpaired) electrons. The van der Waals surface area contributed by atoms with E-state index in [2.05, 4.69) is 10.6 Å². The van der Waals surface area contributed by atoms with Crippen molar-refractivity contribution >= 4 is 11.8 Å². The molecule has 2 N–H and O–H groups in total. The number of benzene rings is 2. The van der Waals surface area contributed by atoms with Crippen LogP contribution in [0.25, 0.3) is 0 Å². The lowest BCUT2D eigenvalue weighted by Gasteiger charge is -2.10. The second-order valence-corrected chi connectivity index (χ2v) is 5.14. The van der Waals surface area contributed by atoms with Gasteiger partial charge in [-0.2, -0.15) is 0 Å². The number of hydrogen-bond acceptors (Lipinski definition) is 3. The fraction of sp³-hybridized carbons (Fsp3) is 0.222. The summed E-state index contributed by atoms with van der Waals surface area (Å²) in [5.41, 5.74) is 2.50. The Morgan fingerprint density at radius 1 is 1.00 bits per heavy atom. The molecule has 0 heterocycles. The van der Waals surface area contributed by atoms with Crippen molar-refractivity contribution in [3.63, 3.8) is 0 Å². The van der Waals surface area contributed by atoms with Crippen molar-refractivity contribution in [2.45, 2.75) is 13.5 Å². The molecule has 0 unspecified atom stereocenters. The molecule has 0 saturated carbocycles. The summed E-state index contributed by atoms with van der Waals surface area (Å²) in [7, 11) is 1.59. The fourth-order valence-electron chi connectivity index (χ4n) is 2.07. The van der Waals surface area contributed by atoms with E-state index >= 15 is 0 Å². The summed E-state index contributed by atoms with van der Waals surface area (Å²) in [6.45, 7) is 2.23. The van der Waals surface area contributed by atoms with Crippen molar-refractivity contribution in [2.75, 3.05) is 13.7 Å². The molecule has 0 atom stereocenters. The molecule has 2 rings (SSSR count). The molecule has 120 valence electrons. The molecule has 0 saturated heterocycles. The van der Waals surface area contributed by atoms with E-state index in [1.807, 2.05) is 43.3 Å². The number of amides is 2. The molecular weight excluding hydrogens is 292 g/mol. The lowest BCUT2D eigenvalue weighted by molar-refractivity contribution is -0.120. The van der Waals surface area contributed by atoms with Crippen molar-refractivity contribution in [1.29, 1.82) is 0 Å². The summed E-state index contributed by atoms with van der Waals surface area (Å²) in [5.74, 6) is 0.199. The number of carbonyl (C=O) groups is 2. The first kappa shape index (κ1) is 16.5. The third kappa shape index (κ3) is 4.85. The van der Waals surface area contributed by atoms with Crippen LogP contribution in [0.4, 0.5) is 0 Å². The van der Waals surface area contributed by atoms with Crippen molar-refractivity contribution in [3.8, 4) is 5.75 Å². The largest absolute Gasteiger partial charge is 0.496 e. The summed E-state index contributed by atoms with van der Waals surface area (Å²) in [6, 6.07) is 14.6. The maximum absolute atomic E-state index is 11.9. The van der Waals surface area contributed by atoms with E-state index in [1.165, 1.54) is 0 Å². The van der Waals surface area contributed by atoms with Crippen LogP contribution in [-0.2, 0) is 11.3 Å². The van der Waals surface area contributed by atoms with Gasteiger partial charge >= 0.3 is 0 Å². The van der Waals surface area contributed by atoms with Gasteiger partial charge in [0.25, 0.3) is 5.91 Å². The zero-order valence-corrected chi connectivity index (χ0v) is 13.3. The molecule has 0 bridgehead atoms. The smallest absolute Gasteiger partial charge is 0.251 e. The van der Waals surface area contributed by atoms with Crippen LogP contribution in [0.2, 0.25) is 0 Å². The maximum atomic E-state index is 11.9. The highest BCUT2D eigenvalue weighted by Gasteiger charge is 2.08. The van der Waals surface area contributed by atoms with Gasteiger partial charge in [0.1, 0.15) is 5.75 Å². The predicted molar refractivity (Wildman–Crippen MR) is 88.4 cm³/mol. The molecule has 0 aliphatic carbocycles. The van der Waals surface area contributed by atoms with Crippen molar-refractivity contribution in [1.82, 2.24) is 10.6 Å². The number of carbonyl (C=O) groups excluding carboxylic acids is 2. The Hall–Kier alpha value is -2.82. The lowest BCUT2D eigenvalue weighted by atomic mass is 10.1. The molecular formula is C18H20N2O3. The topological polar surface area (TPSA) is 67.4 Å². The minimum absolute atomic E-state index is 0.0676. The highest BCUT2D eigenvalue weighted by Crippen LogP contribution is 2.16. The van der Waals surface area contributed by atoms with Gasteiger partial charge < -0.3 is 15.4 Å². The molecule has 2 amide bonds. The summed E-state index contributed by atoms with van der Waals surface area (Å²) in [6.07, 6.45) is 0. The number of ether oxygens (including phenoxy) is 1. The second-order valence-electron chi connectivity index (χ2n) is 5.14. The number of para-hydroxylation sites is 1. The first-order valence-electron chi connectivity index (χ1n) is 7.33. The van der Waals surface area contributed by atoms with Crippen LogP contribution >= 0.6 is 0 Å². The van der Waals surface area contributed by atoms with Crippen LogP contribution in [0, 0.1) is 6.92 Å². The van der Waals surface area contributed by atoms with Crippen LogP contribution in [0.5, 0.6) is 5.75 Å². The molecule has 2 aromatic carbocycles. The molecule has 5 nitrogen and oxygen atoms in total. The molecule has 2 aromatic rings. The minimum atomic E-state index is -0.266. The van der Waals surface area contributed by atoms with Gasteiger partial charge in [0.05, 0.1) is 13.7 Å². The molecule has 5 heteroatoms.